The van der Waals surface area contributed by atoms with Gasteiger partial charge >= 0.3 is 5.97 Å². The third kappa shape index (κ3) is 2.22. The van der Waals surface area contributed by atoms with Crippen LogP contribution in [0.15, 0.2) is 23.4 Å². The Hall–Kier alpha value is -1.25. The lowest BCUT2D eigenvalue weighted by molar-refractivity contribution is -0.138. The normalized spacial score (nSPS) is 24.5. The predicted molar refractivity (Wildman–Crippen MR) is 58.1 cm³/mol. The van der Waals surface area contributed by atoms with Crippen molar-refractivity contribution in [3.8, 4) is 0 Å². The minimum absolute atomic E-state index is 0.154. The second-order valence-electron chi connectivity index (χ2n) is 4.00. The molecule has 3 heteroatoms. The van der Waals surface area contributed by atoms with E-state index >= 15 is 0 Å². The maximum Gasteiger partial charge on any atom is 0.334 e. The molecular formula is C12H17NO2. The summed E-state index contributed by atoms with van der Waals surface area (Å²) in [5, 5.41) is 3.38. The molecule has 0 aromatic heterocycles. The molecule has 15 heavy (non-hydrogen) atoms. The van der Waals surface area contributed by atoms with Crippen LogP contribution in [0.25, 0.3) is 0 Å². The van der Waals surface area contributed by atoms with E-state index in [0.29, 0.717) is 12.5 Å². The number of esters is 1. The van der Waals surface area contributed by atoms with Crippen LogP contribution >= 0.6 is 0 Å². The van der Waals surface area contributed by atoms with E-state index in [9.17, 15) is 4.79 Å². The van der Waals surface area contributed by atoms with Crippen molar-refractivity contribution in [2.75, 3.05) is 13.2 Å². The van der Waals surface area contributed by atoms with Crippen LogP contribution in [0.2, 0.25) is 0 Å². The van der Waals surface area contributed by atoms with E-state index in [0.717, 1.165) is 18.5 Å². The third-order valence-electron chi connectivity index (χ3n) is 2.97. The lowest BCUT2D eigenvalue weighted by Gasteiger charge is -2.29. The summed E-state index contributed by atoms with van der Waals surface area (Å²) < 4.78 is 5.00. The first-order chi connectivity index (χ1) is 7.31. The second kappa shape index (κ2) is 4.51. The molecule has 1 aliphatic heterocycles. The van der Waals surface area contributed by atoms with Gasteiger partial charge in [-0.2, -0.15) is 0 Å². The highest BCUT2D eigenvalue weighted by Gasteiger charge is 2.25. The predicted octanol–water partition coefficient (Wildman–Crippen LogP) is 1.76. The average molecular weight is 207 g/mol. The number of hydrogen-bond donors (Lipinski definition) is 1. The Labute approximate surface area is 90.2 Å². The fourth-order valence-electron chi connectivity index (χ4n) is 2.19. The van der Waals surface area contributed by atoms with Gasteiger partial charge in [-0.1, -0.05) is 6.08 Å². The summed E-state index contributed by atoms with van der Waals surface area (Å²) in [5.41, 5.74) is 2.10. The van der Waals surface area contributed by atoms with Gasteiger partial charge in [0.15, 0.2) is 0 Å². The molecule has 1 atom stereocenters. The standard InChI is InChI=1S/C12H17NO2/c1-2-15-12(14)10-5-6-11-9(8-10)4-3-7-13-11/h5-6,9,13H,2-4,7-8H2,1H3. The number of nitrogens with one attached hydrogen (secondary N) is 1. The minimum atomic E-state index is -0.154. The Morgan fingerprint density at radius 3 is 3.27 bits per heavy atom. The Balaban J connectivity index is 2.07. The van der Waals surface area contributed by atoms with Crippen molar-refractivity contribution in [2.45, 2.75) is 26.2 Å². The fourth-order valence-corrected chi connectivity index (χ4v) is 2.19. The molecule has 82 valence electrons. The van der Waals surface area contributed by atoms with Gasteiger partial charge in [0.2, 0.25) is 0 Å². The molecule has 0 amide bonds. The largest absolute Gasteiger partial charge is 0.463 e. The van der Waals surface area contributed by atoms with Crippen molar-refractivity contribution in [3.63, 3.8) is 0 Å². The van der Waals surface area contributed by atoms with E-state index in [1.165, 1.54) is 18.5 Å². The average Bonchev–Trinajstić information content (AvgIpc) is 2.29. The molecular weight excluding hydrogens is 190 g/mol. The number of carbonyl (C=O) groups is 1. The van der Waals surface area contributed by atoms with Gasteiger partial charge < -0.3 is 10.1 Å². The van der Waals surface area contributed by atoms with Crippen molar-refractivity contribution in [2.24, 2.45) is 5.92 Å². The van der Waals surface area contributed by atoms with Gasteiger partial charge in [0.05, 0.1) is 6.61 Å². The molecule has 2 aliphatic rings. The fraction of sp³-hybridized carbons (Fsp3) is 0.583. The number of piperidine rings is 1. The lowest BCUT2D eigenvalue weighted by atomic mass is 9.85. The van der Waals surface area contributed by atoms with Crippen molar-refractivity contribution >= 4 is 5.97 Å². The van der Waals surface area contributed by atoms with Gasteiger partial charge in [0.1, 0.15) is 0 Å². The van der Waals surface area contributed by atoms with Crippen LogP contribution in [0.1, 0.15) is 26.2 Å². The van der Waals surface area contributed by atoms with Gasteiger partial charge in [0, 0.05) is 23.7 Å². The first kappa shape index (κ1) is 10.3. The van der Waals surface area contributed by atoms with Crippen molar-refractivity contribution in [1.82, 2.24) is 5.32 Å². The monoisotopic (exact) mass is 207 g/mol. The number of rotatable bonds is 2. The molecule has 1 aliphatic carbocycles. The van der Waals surface area contributed by atoms with Crippen LogP contribution in [0, 0.1) is 5.92 Å². The summed E-state index contributed by atoms with van der Waals surface area (Å²) in [6.45, 7) is 3.35. The van der Waals surface area contributed by atoms with Gasteiger partial charge in [0.25, 0.3) is 0 Å². The number of allylic oxidation sites excluding steroid dienone is 3. The van der Waals surface area contributed by atoms with Crippen LogP contribution in [-0.2, 0) is 9.53 Å². The van der Waals surface area contributed by atoms with E-state index in [4.69, 9.17) is 4.74 Å². The first-order valence-corrected chi connectivity index (χ1v) is 5.63. The molecule has 0 aromatic carbocycles. The van der Waals surface area contributed by atoms with E-state index in [1.807, 2.05) is 19.1 Å². The number of ether oxygens (including phenoxy) is 1. The highest BCUT2D eigenvalue weighted by atomic mass is 16.5. The van der Waals surface area contributed by atoms with Gasteiger partial charge in [-0.25, -0.2) is 4.79 Å². The molecule has 2 rings (SSSR count). The highest BCUT2D eigenvalue weighted by Crippen LogP contribution is 2.30. The van der Waals surface area contributed by atoms with Gasteiger partial charge in [-0.05, 0) is 32.3 Å². The van der Waals surface area contributed by atoms with Gasteiger partial charge in [-0.15, -0.1) is 0 Å². The maximum atomic E-state index is 11.5. The minimum Gasteiger partial charge on any atom is -0.463 e. The zero-order valence-electron chi connectivity index (χ0n) is 9.08. The first-order valence-electron chi connectivity index (χ1n) is 5.63. The summed E-state index contributed by atoms with van der Waals surface area (Å²) in [4.78, 5) is 11.5. The Morgan fingerprint density at radius 1 is 1.60 bits per heavy atom. The lowest BCUT2D eigenvalue weighted by Crippen LogP contribution is -2.30. The van der Waals surface area contributed by atoms with E-state index in [-0.39, 0.29) is 5.97 Å². The van der Waals surface area contributed by atoms with Crippen LogP contribution < -0.4 is 5.32 Å². The molecule has 0 spiro atoms. The van der Waals surface area contributed by atoms with Crippen molar-refractivity contribution < 1.29 is 9.53 Å². The second-order valence-corrected chi connectivity index (χ2v) is 4.00. The van der Waals surface area contributed by atoms with Crippen LogP contribution in [0.5, 0.6) is 0 Å². The Bertz CT molecular complexity index is 318. The zero-order valence-corrected chi connectivity index (χ0v) is 9.08. The molecule has 0 saturated carbocycles. The molecule has 3 nitrogen and oxygen atoms in total. The topological polar surface area (TPSA) is 38.3 Å². The van der Waals surface area contributed by atoms with E-state index in [2.05, 4.69) is 5.32 Å². The number of hydrogen-bond acceptors (Lipinski definition) is 3. The molecule has 1 heterocycles. The quantitative estimate of drug-likeness (QED) is 0.701. The summed E-state index contributed by atoms with van der Waals surface area (Å²) in [6, 6.07) is 0. The number of fused-ring (bicyclic) bond motifs is 1. The smallest absolute Gasteiger partial charge is 0.334 e. The van der Waals surface area contributed by atoms with Gasteiger partial charge in [-0.3, -0.25) is 0 Å². The van der Waals surface area contributed by atoms with Crippen molar-refractivity contribution in [3.05, 3.63) is 23.4 Å². The zero-order chi connectivity index (χ0) is 10.7. The Morgan fingerprint density at radius 2 is 2.47 bits per heavy atom. The Kier molecular flexibility index (Phi) is 3.09. The van der Waals surface area contributed by atoms with Crippen LogP contribution in [-0.4, -0.2) is 19.1 Å². The summed E-state index contributed by atoms with van der Waals surface area (Å²) in [5.74, 6) is 0.349. The molecule has 1 N–H and O–H groups in total. The molecule has 0 aromatic rings. The molecule has 0 bridgehead atoms. The third-order valence-corrected chi connectivity index (χ3v) is 2.97. The summed E-state index contributed by atoms with van der Waals surface area (Å²) in [7, 11) is 0. The molecule has 1 fully saturated rings. The van der Waals surface area contributed by atoms with E-state index < -0.39 is 0 Å². The maximum absolute atomic E-state index is 11.5. The molecule has 0 radical (unpaired) electrons. The molecule has 1 unspecified atom stereocenters. The van der Waals surface area contributed by atoms with Crippen LogP contribution in [0.4, 0.5) is 0 Å². The van der Waals surface area contributed by atoms with Crippen molar-refractivity contribution in [1.29, 1.82) is 0 Å². The summed E-state index contributed by atoms with van der Waals surface area (Å²) in [6.07, 6.45) is 7.12. The SMILES string of the molecule is CCOC(=O)C1=CC=C2NCCCC2C1. The highest BCUT2D eigenvalue weighted by molar-refractivity contribution is 5.89. The molecule has 1 saturated heterocycles. The summed E-state index contributed by atoms with van der Waals surface area (Å²) >= 11 is 0. The number of carbonyl (C=O) groups excluding carboxylic acids is 1. The van der Waals surface area contributed by atoms with E-state index in [1.54, 1.807) is 0 Å². The van der Waals surface area contributed by atoms with Crippen LogP contribution in [0.3, 0.4) is 0 Å².